The molecule has 0 spiro atoms. The maximum absolute atomic E-state index is 13.6. The Morgan fingerprint density at radius 2 is 1.51 bits per heavy atom. The summed E-state index contributed by atoms with van der Waals surface area (Å²) in [6.45, 7) is 6.34. The SMILES string of the molecule is CC(C)(C)NSc1cccc2c(NC(=O)[C@H](Cc3ccccc3)NC(=O)c3ccc(Cl)cc3)cccc12. The van der Waals surface area contributed by atoms with Crippen molar-refractivity contribution in [2.45, 2.75) is 43.7 Å². The Hall–Kier alpha value is -3.32. The van der Waals surface area contributed by atoms with Crippen LogP contribution in [-0.2, 0) is 11.2 Å². The number of anilines is 1. The lowest BCUT2D eigenvalue weighted by Crippen LogP contribution is -2.45. The number of halogens is 1. The lowest BCUT2D eigenvalue weighted by Gasteiger charge is -2.21. The van der Waals surface area contributed by atoms with E-state index in [1.54, 1.807) is 36.2 Å². The topological polar surface area (TPSA) is 70.2 Å². The van der Waals surface area contributed by atoms with Gasteiger partial charge in [-0.2, -0.15) is 0 Å². The molecule has 190 valence electrons. The molecule has 3 N–H and O–H groups in total. The Morgan fingerprint density at radius 1 is 0.838 bits per heavy atom. The van der Waals surface area contributed by atoms with Gasteiger partial charge in [-0.1, -0.05) is 66.2 Å². The summed E-state index contributed by atoms with van der Waals surface area (Å²) in [5, 5.41) is 8.48. The number of carbonyl (C=O) groups is 2. The summed E-state index contributed by atoms with van der Waals surface area (Å²) in [5.74, 6) is -0.623. The lowest BCUT2D eigenvalue weighted by atomic mass is 10.0. The maximum Gasteiger partial charge on any atom is 0.251 e. The van der Waals surface area contributed by atoms with Crippen LogP contribution in [0, 0.1) is 0 Å². The molecule has 0 unspecified atom stereocenters. The minimum Gasteiger partial charge on any atom is -0.340 e. The van der Waals surface area contributed by atoms with E-state index in [0.717, 1.165) is 21.2 Å². The van der Waals surface area contributed by atoms with Crippen LogP contribution in [0.4, 0.5) is 5.69 Å². The molecule has 2 amide bonds. The van der Waals surface area contributed by atoms with Crippen LogP contribution in [0.1, 0.15) is 36.7 Å². The number of hydrogen-bond acceptors (Lipinski definition) is 4. The summed E-state index contributed by atoms with van der Waals surface area (Å²) in [5.41, 5.74) is 2.03. The average Bonchev–Trinajstić information content (AvgIpc) is 2.87. The molecule has 4 rings (SSSR count). The van der Waals surface area contributed by atoms with Crippen LogP contribution in [0.3, 0.4) is 0 Å². The Morgan fingerprint density at radius 3 is 2.22 bits per heavy atom. The quantitative estimate of drug-likeness (QED) is 0.217. The van der Waals surface area contributed by atoms with Gasteiger partial charge in [-0.25, -0.2) is 0 Å². The fourth-order valence-corrected chi connectivity index (χ4v) is 4.79. The van der Waals surface area contributed by atoms with Gasteiger partial charge in [0.15, 0.2) is 0 Å². The molecule has 0 aliphatic rings. The molecule has 0 aliphatic carbocycles. The number of hydrogen-bond donors (Lipinski definition) is 3. The van der Waals surface area contributed by atoms with Crippen LogP contribution >= 0.6 is 23.5 Å². The second-order valence-corrected chi connectivity index (χ2v) is 11.1. The van der Waals surface area contributed by atoms with Crippen molar-refractivity contribution < 1.29 is 9.59 Å². The maximum atomic E-state index is 13.6. The van der Waals surface area contributed by atoms with Crippen molar-refractivity contribution in [3.05, 3.63) is 107 Å². The van der Waals surface area contributed by atoms with Gasteiger partial charge in [0.2, 0.25) is 5.91 Å². The molecule has 4 aromatic carbocycles. The van der Waals surface area contributed by atoms with Crippen molar-refractivity contribution in [1.29, 1.82) is 0 Å². The fraction of sp³-hybridized carbons (Fsp3) is 0.200. The molecule has 4 aromatic rings. The minimum atomic E-state index is -0.777. The number of benzene rings is 4. The molecule has 0 aliphatic heterocycles. The molecular weight excluding hydrogens is 502 g/mol. The zero-order valence-electron chi connectivity index (χ0n) is 21.0. The Bertz CT molecular complexity index is 1390. The number of fused-ring (bicyclic) bond motifs is 1. The third-order valence-corrected chi connectivity index (χ3v) is 7.16. The highest BCUT2D eigenvalue weighted by molar-refractivity contribution is 7.97. The molecule has 0 aromatic heterocycles. The zero-order valence-corrected chi connectivity index (χ0v) is 22.6. The summed E-state index contributed by atoms with van der Waals surface area (Å²) in [6, 6.07) is 27.3. The van der Waals surface area contributed by atoms with Gasteiger partial charge in [-0.15, -0.1) is 0 Å². The standard InChI is InChI=1S/C30H30ClN3O2S/c1-30(2,3)34-37-27-14-8-11-23-24(27)12-7-13-25(23)32-29(36)26(19-20-9-5-4-6-10-20)33-28(35)21-15-17-22(31)18-16-21/h4-18,26,34H,19H2,1-3H3,(H,32,36)(H,33,35)/t26-/m0/s1. The smallest absolute Gasteiger partial charge is 0.251 e. The first kappa shape index (κ1) is 26.7. The van der Waals surface area contributed by atoms with E-state index in [1.165, 1.54) is 0 Å². The van der Waals surface area contributed by atoms with Gasteiger partial charge in [0, 0.05) is 38.5 Å². The van der Waals surface area contributed by atoms with Crippen LogP contribution in [0.5, 0.6) is 0 Å². The molecule has 0 fully saturated rings. The normalized spacial score (nSPS) is 12.2. The lowest BCUT2D eigenvalue weighted by molar-refractivity contribution is -0.118. The highest BCUT2D eigenvalue weighted by Gasteiger charge is 2.23. The van der Waals surface area contributed by atoms with E-state index in [1.807, 2.05) is 60.7 Å². The number of nitrogens with one attached hydrogen (secondary N) is 3. The summed E-state index contributed by atoms with van der Waals surface area (Å²) in [7, 11) is 0. The second kappa shape index (κ2) is 11.8. The van der Waals surface area contributed by atoms with Crippen molar-refractivity contribution in [2.24, 2.45) is 0 Å². The first-order valence-corrected chi connectivity index (χ1v) is 13.3. The summed E-state index contributed by atoms with van der Waals surface area (Å²) >= 11 is 7.54. The molecule has 0 bridgehead atoms. The largest absolute Gasteiger partial charge is 0.340 e. The summed E-state index contributed by atoms with van der Waals surface area (Å²) < 4.78 is 3.45. The van der Waals surface area contributed by atoms with Crippen molar-refractivity contribution >= 4 is 51.8 Å². The van der Waals surface area contributed by atoms with Gasteiger partial charge in [0.1, 0.15) is 6.04 Å². The minimum absolute atomic E-state index is 0.0500. The third kappa shape index (κ3) is 7.35. The van der Waals surface area contributed by atoms with Gasteiger partial charge < -0.3 is 10.6 Å². The molecule has 0 saturated carbocycles. The monoisotopic (exact) mass is 531 g/mol. The highest BCUT2D eigenvalue weighted by Crippen LogP contribution is 2.32. The zero-order chi connectivity index (χ0) is 26.4. The molecule has 0 heterocycles. The van der Waals surface area contributed by atoms with Crippen molar-refractivity contribution in [3.8, 4) is 0 Å². The van der Waals surface area contributed by atoms with Gasteiger partial charge in [-0.05, 0) is 80.1 Å². The van der Waals surface area contributed by atoms with E-state index in [9.17, 15) is 9.59 Å². The second-order valence-electron chi connectivity index (χ2n) is 9.82. The molecular formula is C30H30ClN3O2S. The van der Waals surface area contributed by atoms with Gasteiger partial charge in [0.05, 0.1) is 0 Å². The van der Waals surface area contributed by atoms with Crippen molar-refractivity contribution in [1.82, 2.24) is 10.0 Å². The first-order chi connectivity index (χ1) is 17.7. The third-order valence-electron chi connectivity index (χ3n) is 5.62. The predicted octanol–water partition coefficient (Wildman–Crippen LogP) is 6.87. The highest BCUT2D eigenvalue weighted by atomic mass is 35.5. The van der Waals surface area contributed by atoms with Crippen molar-refractivity contribution in [3.63, 3.8) is 0 Å². The van der Waals surface area contributed by atoms with E-state index < -0.39 is 6.04 Å². The van der Waals surface area contributed by atoms with Crippen molar-refractivity contribution in [2.75, 3.05) is 5.32 Å². The molecule has 0 radical (unpaired) electrons. The Kier molecular flexibility index (Phi) is 8.54. The van der Waals surface area contributed by atoms with E-state index in [0.29, 0.717) is 22.7 Å². The average molecular weight is 532 g/mol. The number of amides is 2. The van der Waals surface area contributed by atoms with Gasteiger partial charge >= 0.3 is 0 Å². The molecule has 1 atom stereocenters. The van der Waals surface area contributed by atoms with Crippen LogP contribution in [0.25, 0.3) is 10.8 Å². The molecule has 37 heavy (non-hydrogen) atoms. The fourth-order valence-electron chi connectivity index (χ4n) is 3.81. The van der Waals surface area contributed by atoms with Crippen LogP contribution in [-0.4, -0.2) is 23.4 Å². The van der Waals surface area contributed by atoms with E-state index in [2.05, 4.69) is 42.2 Å². The number of rotatable bonds is 8. The number of carbonyl (C=O) groups excluding carboxylic acids is 2. The van der Waals surface area contributed by atoms with Crippen LogP contribution in [0.15, 0.2) is 95.9 Å². The van der Waals surface area contributed by atoms with E-state index in [4.69, 9.17) is 11.6 Å². The summed E-state index contributed by atoms with van der Waals surface area (Å²) in [4.78, 5) is 27.6. The van der Waals surface area contributed by atoms with Crippen LogP contribution < -0.4 is 15.4 Å². The summed E-state index contributed by atoms with van der Waals surface area (Å²) in [6.07, 6.45) is 0.355. The van der Waals surface area contributed by atoms with Gasteiger partial charge in [-0.3, -0.25) is 14.3 Å². The molecule has 5 nitrogen and oxygen atoms in total. The molecule has 0 saturated heterocycles. The molecule has 7 heteroatoms. The van der Waals surface area contributed by atoms with Crippen LogP contribution in [0.2, 0.25) is 5.02 Å². The Balaban J connectivity index is 1.59. The van der Waals surface area contributed by atoms with E-state index in [-0.39, 0.29) is 17.4 Å². The Labute approximate surface area is 227 Å². The first-order valence-electron chi connectivity index (χ1n) is 12.1. The van der Waals surface area contributed by atoms with E-state index >= 15 is 0 Å². The van der Waals surface area contributed by atoms with Gasteiger partial charge in [0.25, 0.3) is 5.91 Å². The predicted molar refractivity (Wildman–Crippen MR) is 154 cm³/mol.